The summed E-state index contributed by atoms with van der Waals surface area (Å²) >= 11 is 0. The number of carbonyl (C=O) groups excluding carboxylic acids is 1. The first kappa shape index (κ1) is 12.2. The number of rotatable bonds is 4. The Balaban J connectivity index is 2.13. The van der Waals surface area contributed by atoms with Gasteiger partial charge < -0.3 is 15.6 Å². The Morgan fingerprint density at radius 3 is 2.83 bits per heavy atom. The zero-order chi connectivity index (χ0) is 13.1. The maximum atomic E-state index is 13.5. The van der Waals surface area contributed by atoms with Crippen molar-refractivity contribution in [3.05, 3.63) is 53.6 Å². The summed E-state index contributed by atoms with van der Waals surface area (Å²) in [6.07, 6.45) is 3.84. The van der Waals surface area contributed by atoms with Gasteiger partial charge >= 0.3 is 0 Å². The van der Waals surface area contributed by atoms with Crippen molar-refractivity contribution in [3.8, 4) is 0 Å². The molecule has 3 N–H and O–H groups in total. The van der Waals surface area contributed by atoms with Crippen molar-refractivity contribution in [1.29, 1.82) is 0 Å². The number of nitrogens with zero attached hydrogens (tertiary/aromatic N) is 1. The Morgan fingerprint density at radius 2 is 2.22 bits per heavy atom. The highest BCUT2D eigenvalue weighted by molar-refractivity contribution is 5.93. The van der Waals surface area contributed by atoms with Crippen molar-refractivity contribution in [2.24, 2.45) is 12.8 Å². The molecule has 1 aromatic heterocycles. The normalized spacial score (nSPS) is 10.3. The molecule has 0 saturated carbocycles. The number of carbonyl (C=O) groups is 1. The smallest absolute Gasteiger partial charge is 0.248 e. The Hall–Kier alpha value is -2.30. The lowest BCUT2D eigenvalue weighted by molar-refractivity contribution is 0.100. The van der Waals surface area contributed by atoms with Gasteiger partial charge in [0.25, 0.3) is 0 Å². The molecule has 2 aromatic rings. The summed E-state index contributed by atoms with van der Waals surface area (Å²) in [6.45, 7) is 0.486. The molecule has 94 valence electrons. The zero-order valence-electron chi connectivity index (χ0n) is 9.98. The fraction of sp³-hybridized carbons (Fsp3) is 0.154. The van der Waals surface area contributed by atoms with Crippen LogP contribution in [0.1, 0.15) is 15.9 Å². The van der Waals surface area contributed by atoms with E-state index in [4.69, 9.17) is 5.73 Å². The van der Waals surface area contributed by atoms with E-state index in [1.54, 1.807) is 0 Å². The highest BCUT2D eigenvalue weighted by atomic mass is 19.1. The summed E-state index contributed by atoms with van der Waals surface area (Å²) in [5.74, 6) is -0.978. The van der Waals surface area contributed by atoms with Crippen LogP contribution in [-0.4, -0.2) is 10.5 Å². The van der Waals surface area contributed by atoms with Gasteiger partial charge in [0.2, 0.25) is 5.91 Å². The van der Waals surface area contributed by atoms with E-state index in [-0.39, 0.29) is 11.3 Å². The lowest BCUT2D eigenvalue weighted by Crippen LogP contribution is -2.12. The number of hydrogen-bond acceptors (Lipinski definition) is 2. The molecule has 4 nitrogen and oxygen atoms in total. The zero-order valence-corrected chi connectivity index (χ0v) is 9.98. The Kier molecular flexibility index (Phi) is 3.32. The van der Waals surface area contributed by atoms with E-state index in [1.807, 2.05) is 30.1 Å². The minimum Gasteiger partial charge on any atom is -0.379 e. The van der Waals surface area contributed by atoms with Crippen molar-refractivity contribution in [2.45, 2.75) is 6.54 Å². The average molecular weight is 247 g/mol. The van der Waals surface area contributed by atoms with E-state index in [0.29, 0.717) is 6.54 Å². The predicted molar refractivity (Wildman–Crippen MR) is 67.7 cm³/mol. The third-order valence-corrected chi connectivity index (χ3v) is 2.63. The van der Waals surface area contributed by atoms with Gasteiger partial charge in [-0.2, -0.15) is 0 Å². The fourth-order valence-corrected chi connectivity index (χ4v) is 1.68. The van der Waals surface area contributed by atoms with Crippen LogP contribution in [0, 0.1) is 5.82 Å². The fourth-order valence-electron chi connectivity index (χ4n) is 1.68. The minimum absolute atomic E-state index is 0.273. The van der Waals surface area contributed by atoms with Crippen molar-refractivity contribution < 1.29 is 9.18 Å². The SMILES string of the molecule is Cn1ccc(CNc2cc(C(N)=O)ccc2F)c1. The summed E-state index contributed by atoms with van der Waals surface area (Å²) in [4.78, 5) is 11.0. The number of benzene rings is 1. The summed E-state index contributed by atoms with van der Waals surface area (Å²) in [5.41, 5.74) is 6.74. The largest absolute Gasteiger partial charge is 0.379 e. The van der Waals surface area contributed by atoms with Gasteiger partial charge in [-0.1, -0.05) is 0 Å². The monoisotopic (exact) mass is 247 g/mol. The molecule has 0 radical (unpaired) electrons. The number of anilines is 1. The van der Waals surface area contributed by atoms with E-state index in [2.05, 4.69) is 5.32 Å². The third-order valence-electron chi connectivity index (χ3n) is 2.63. The van der Waals surface area contributed by atoms with Gasteiger partial charge in [0.15, 0.2) is 0 Å². The summed E-state index contributed by atoms with van der Waals surface area (Å²) in [5, 5.41) is 2.94. The van der Waals surface area contributed by atoms with Crippen LogP contribution in [0.5, 0.6) is 0 Å². The number of halogens is 1. The van der Waals surface area contributed by atoms with Gasteiger partial charge in [-0.15, -0.1) is 0 Å². The van der Waals surface area contributed by atoms with Gasteiger partial charge in [0, 0.05) is 31.5 Å². The predicted octanol–water partition coefficient (Wildman–Crippen LogP) is 1.88. The second kappa shape index (κ2) is 4.91. The highest BCUT2D eigenvalue weighted by Gasteiger charge is 2.07. The first-order valence-corrected chi connectivity index (χ1v) is 5.50. The molecular formula is C13H14FN3O. The molecule has 0 aliphatic carbocycles. The van der Waals surface area contributed by atoms with E-state index >= 15 is 0 Å². The van der Waals surface area contributed by atoms with Crippen molar-refractivity contribution in [3.63, 3.8) is 0 Å². The molecule has 1 aromatic carbocycles. The van der Waals surface area contributed by atoms with Gasteiger partial charge in [0.05, 0.1) is 5.69 Å². The number of nitrogens with one attached hydrogen (secondary N) is 1. The number of nitrogens with two attached hydrogens (primary N) is 1. The van der Waals surface area contributed by atoms with Crippen LogP contribution in [0.25, 0.3) is 0 Å². The molecule has 1 heterocycles. The molecule has 18 heavy (non-hydrogen) atoms. The molecule has 2 rings (SSSR count). The molecule has 0 fully saturated rings. The lowest BCUT2D eigenvalue weighted by Gasteiger charge is -2.07. The van der Waals surface area contributed by atoms with Crippen molar-refractivity contribution in [1.82, 2.24) is 4.57 Å². The Bertz CT molecular complexity index is 577. The van der Waals surface area contributed by atoms with Crippen LogP contribution in [-0.2, 0) is 13.6 Å². The number of aromatic nitrogens is 1. The molecular weight excluding hydrogens is 233 g/mol. The number of hydrogen-bond donors (Lipinski definition) is 2. The maximum absolute atomic E-state index is 13.5. The minimum atomic E-state index is -0.572. The number of aryl methyl sites for hydroxylation is 1. The Morgan fingerprint density at radius 1 is 1.44 bits per heavy atom. The second-order valence-corrected chi connectivity index (χ2v) is 4.10. The van der Waals surface area contributed by atoms with E-state index in [0.717, 1.165) is 5.56 Å². The highest BCUT2D eigenvalue weighted by Crippen LogP contribution is 2.17. The van der Waals surface area contributed by atoms with E-state index in [1.165, 1.54) is 18.2 Å². The summed E-state index contributed by atoms with van der Waals surface area (Å²) < 4.78 is 15.4. The topological polar surface area (TPSA) is 60.1 Å². The van der Waals surface area contributed by atoms with Gasteiger partial charge in [-0.25, -0.2) is 4.39 Å². The second-order valence-electron chi connectivity index (χ2n) is 4.10. The molecule has 0 unspecified atom stereocenters. The van der Waals surface area contributed by atoms with E-state index < -0.39 is 11.7 Å². The van der Waals surface area contributed by atoms with Gasteiger partial charge in [0.1, 0.15) is 5.82 Å². The van der Waals surface area contributed by atoms with Crippen LogP contribution >= 0.6 is 0 Å². The molecule has 0 bridgehead atoms. The van der Waals surface area contributed by atoms with Crippen LogP contribution in [0.4, 0.5) is 10.1 Å². The lowest BCUT2D eigenvalue weighted by atomic mass is 10.2. The van der Waals surface area contributed by atoms with E-state index in [9.17, 15) is 9.18 Å². The first-order valence-electron chi connectivity index (χ1n) is 5.50. The first-order chi connectivity index (χ1) is 8.56. The van der Waals surface area contributed by atoms with Crippen molar-refractivity contribution in [2.75, 3.05) is 5.32 Å². The molecule has 0 spiro atoms. The van der Waals surface area contributed by atoms with Gasteiger partial charge in [-0.3, -0.25) is 4.79 Å². The molecule has 0 atom stereocenters. The third kappa shape index (κ3) is 2.68. The number of primary amides is 1. The maximum Gasteiger partial charge on any atom is 0.248 e. The van der Waals surface area contributed by atoms with Crippen LogP contribution in [0.2, 0.25) is 0 Å². The van der Waals surface area contributed by atoms with Crippen LogP contribution < -0.4 is 11.1 Å². The number of amides is 1. The summed E-state index contributed by atoms with van der Waals surface area (Å²) in [7, 11) is 1.91. The Labute approximate surface area is 104 Å². The average Bonchev–Trinajstić information content (AvgIpc) is 2.74. The van der Waals surface area contributed by atoms with Crippen LogP contribution in [0.3, 0.4) is 0 Å². The molecule has 0 aliphatic rings. The molecule has 0 aliphatic heterocycles. The molecule has 1 amide bonds. The van der Waals surface area contributed by atoms with Crippen LogP contribution in [0.15, 0.2) is 36.7 Å². The standard InChI is InChI=1S/C13H14FN3O/c1-17-5-4-9(8-17)7-16-12-6-10(13(15)18)2-3-11(12)14/h2-6,8,16H,7H2,1H3,(H2,15,18). The van der Waals surface area contributed by atoms with Crippen molar-refractivity contribution >= 4 is 11.6 Å². The van der Waals surface area contributed by atoms with Gasteiger partial charge in [-0.05, 0) is 29.8 Å². The quantitative estimate of drug-likeness (QED) is 0.866. The molecule has 0 saturated heterocycles. The molecule has 5 heteroatoms. The summed E-state index contributed by atoms with van der Waals surface area (Å²) in [6, 6.07) is 5.95.